The Kier molecular flexibility index (Phi) is 3.38. The minimum absolute atomic E-state index is 0.860. The number of rotatable bonds is 2. The molecule has 0 amide bonds. The first-order valence-electron chi connectivity index (χ1n) is 3.84. The summed E-state index contributed by atoms with van der Waals surface area (Å²) in [5.41, 5.74) is 1.19. The van der Waals surface area contributed by atoms with E-state index in [-0.39, 0.29) is 0 Å². The van der Waals surface area contributed by atoms with Crippen LogP contribution in [0.5, 0.6) is 0 Å². The van der Waals surface area contributed by atoms with E-state index in [4.69, 9.17) is 0 Å². The van der Waals surface area contributed by atoms with Crippen LogP contribution in [0.25, 0.3) is 0 Å². The Labute approximate surface area is 76.3 Å². The summed E-state index contributed by atoms with van der Waals surface area (Å²) in [7, 11) is 0. The lowest BCUT2D eigenvalue weighted by Crippen LogP contribution is -1.95. The minimum atomic E-state index is -0.972. The van der Waals surface area contributed by atoms with Gasteiger partial charge in [0.25, 0.3) is 0 Å². The third kappa shape index (κ3) is 2.40. The van der Waals surface area contributed by atoms with Crippen molar-refractivity contribution < 1.29 is 4.55 Å². The van der Waals surface area contributed by atoms with Crippen LogP contribution in [0.15, 0.2) is 40.6 Å². The van der Waals surface area contributed by atoms with E-state index in [2.05, 4.69) is 0 Å². The Bertz CT molecular complexity index is 264. The number of benzene rings is 1. The predicted molar refractivity (Wildman–Crippen MR) is 52.4 cm³/mol. The molecule has 1 aromatic rings. The third-order valence-electron chi connectivity index (χ3n) is 1.51. The van der Waals surface area contributed by atoms with Crippen LogP contribution in [0.4, 0.5) is 0 Å². The maximum atomic E-state index is 11.4. The lowest BCUT2D eigenvalue weighted by Gasteiger charge is -2.03. The molecule has 0 bridgehead atoms. The largest absolute Gasteiger partial charge is 0.607 e. The minimum Gasteiger partial charge on any atom is -0.607 e. The molecule has 1 nitrogen and oxygen atoms in total. The maximum absolute atomic E-state index is 11.4. The van der Waals surface area contributed by atoms with Gasteiger partial charge in [-0.3, -0.25) is 0 Å². The fourth-order valence-electron chi connectivity index (χ4n) is 0.875. The number of hydrogen-bond donors (Lipinski definition) is 0. The van der Waals surface area contributed by atoms with Gasteiger partial charge in [0.1, 0.15) is 5.41 Å². The molecule has 0 aromatic heterocycles. The summed E-state index contributed by atoms with van der Waals surface area (Å²) in [5, 5.41) is 1.69. The van der Waals surface area contributed by atoms with Crippen LogP contribution in [0.2, 0.25) is 0 Å². The molecule has 64 valence electrons. The van der Waals surface area contributed by atoms with Crippen LogP contribution in [0.1, 0.15) is 12.5 Å². The van der Waals surface area contributed by atoms with E-state index in [1.165, 1.54) is 5.56 Å². The van der Waals surface area contributed by atoms with E-state index in [0.29, 0.717) is 0 Å². The van der Waals surface area contributed by atoms with E-state index in [1.807, 2.05) is 38.1 Å². The molecule has 12 heavy (non-hydrogen) atoms. The van der Waals surface area contributed by atoms with Crippen LogP contribution in [-0.4, -0.2) is 4.55 Å². The van der Waals surface area contributed by atoms with Crippen LogP contribution in [0.3, 0.4) is 0 Å². The normalized spacial score (nSPS) is 13.6. The summed E-state index contributed by atoms with van der Waals surface area (Å²) < 4.78 is 11.4. The van der Waals surface area contributed by atoms with Crippen molar-refractivity contribution in [3.63, 3.8) is 0 Å². The quantitative estimate of drug-likeness (QED) is 0.642. The molecule has 0 saturated heterocycles. The molecular weight excluding hydrogens is 168 g/mol. The molecule has 0 aliphatic heterocycles. The first-order valence-corrected chi connectivity index (χ1v) is 5.05. The summed E-state index contributed by atoms with van der Waals surface area (Å²) >= 11 is -0.972. The second-order valence-electron chi connectivity index (χ2n) is 2.58. The average molecular weight is 180 g/mol. The molecule has 0 heterocycles. The van der Waals surface area contributed by atoms with Gasteiger partial charge in [0.15, 0.2) is 4.90 Å². The fourth-order valence-corrected chi connectivity index (χ4v) is 1.68. The van der Waals surface area contributed by atoms with Crippen molar-refractivity contribution in [1.82, 2.24) is 0 Å². The van der Waals surface area contributed by atoms with Gasteiger partial charge < -0.3 is 4.55 Å². The zero-order valence-corrected chi connectivity index (χ0v) is 8.10. The van der Waals surface area contributed by atoms with Crippen molar-refractivity contribution in [2.75, 3.05) is 0 Å². The molecule has 0 aliphatic carbocycles. The van der Waals surface area contributed by atoms with Gasteiger partial charge in [-0.2, -0.15) is 0 Å². The van der Waals surface area contributed by atoms with E-state index < -0.39 is 11.2 Å². The number of allylic oxidation sites excluding steroid dienone is 1. The Morgan fingerprint density at radius 2 is 1.83 bits per heavy atom. The Morgan fingerprint density at radius 3 is 2.33 bits per heavy atom. The van der Waals surface area contributed by atoms with Gasteiger partial charge in [-0.15, -0.1) is 0 Å². The lowest BCUT2D eigenvalue weighted by atomic mass is 10.2. The standard InChI is InChI=1S/C10H12OS/c1-3-8-12(11)10-6-4-9(2)5-7-10/h3-8H,1-2H3/b8-3+. The van der Waals surface area contributed by atoms with Gasteiger partial charge in [-0.25, -0.2) is 0 Å². The molecular formula is C10H12OS. The average Bonchev–Trinajstić information content (AvgIpc) is 2.06. The van der Waals surface area contributed by atoms with E-state index in [1.54, 1.807) is 11.5 Å². The van der Waals surface area contributed by atoms with Crippen LogP contribution < -0.4 is 0 Å². The molecule has 0 fully saturated rings. The lowest BCUT2D eigenvalue weighted by molar-refractivity contribution is 0.603. The van der Waals surface area contributed by atoms with Gasteiger partial charge in [0.05, 0.1) is 0 Å². The van der Waals surface area contributed by atoms with Crippen molar-refractivity contribution in [1.29, 1.82) is 0 Å². The maximum Gasteiger partial charge on any atom is 0.157 e. The highest BCUT2D eigenvalue weighted by atomic mass is 32.2. The van der Waals surface area contributed by atoms with Crippen molar-refractivity contribution in [2.24, 2.45) is 0 Å². The molecule has 0 aliphatic rings. The summed E-state index contributed by atoms with van der Waals surface area (Å²) in [6.07, 6.45) is 1.80. The third-order valence-corrected chi connectivity index (χ3v) is 2.77. The summed E-state index contributed by atoms with van der Waals surface area (Å²) in [5.74, 6) is 0. The monoisotopic (exact) mass is 180 g/mol. The summed E-state index contributed by atoms with van der Waals surface area (Å²) in [6.45, 7) is 3.88. The molecule has 0 radical (unpaired) electrons. The molecule has 1 rings (SSSR count). The van der Waals surface area contributed by atoms with Crippen LogP contribution in [-0.2, 0) is 11.2 Å². The van der Waals surface area contributed by atoms with E-state index >= 15 is 0 Å². The van der Waals surface area contributed by atoms with Crippen LogP contribution >= 0.6 is 0 Å². The molecule has 0 N–H and O–H groups in total. The SMILES string of the molecule is C/C=C/[S+]([O-])c1ccc(C)cc1. The van der Waals surface area contributed by atoms with Crippen molar-refractivity contribution in [3.05, 3.63) is 41.3 Å². The number of aryl methyl sites for hydroxylation is 1. The molecule has 2 heteroatoms. The highest BCUT2D eigenvalue weighted by Crippen LogP contribution is 2.12. The molecule has 1 aromatic carbocycles. The first kappa shape index (κ1) is 9.36. The molecule has 1 atom stereocenters. The topological polar surface area (TPSA) is 23.1 Å². The highest BCUT2D eigenvalue weighted by Gasteiger charge is 2.04. The van der Waals surface area contributed by atoms with Gasteiger partial charge in [0.2, 0.25) is 0 Å². The highest BCUT2D eigenvalue weighted by molar-refractivity contribution is 7.94. The van der Waals surface area contributed by atoms with Crippen LogP contribution in [0, 0.1) is 6.92 Å². The molecule has 1 unspecified atom stereocenters. The number of hydrogen-bond acceptors (Lipinski definition) is 1. The summed E-state index contributed by atoms with van der Waals surface area (Å²) in [4.78, 5) is 0.860. The first-order chi connectivity index (χ1) is 5.74. The van der Waals surface area contributed by atoms with Gasteiger partial charge in [0, 0.05) is 11.2 Å². The zero-order valence-electron chi connectivity index (χ0n) is 7.28. The van der Waals surface area contributed by atoms with E-state index in [9.17, 15) is 4.55 Å². The van der Waals surface area contributed by atoms with Crippen molar-refractivity contribution in [2.45, 2.75) is 18.7 Å². The van der Waals surface area contributed by atoms with Gasteiger partial charge in [-0.1, -0.05) is 17.7 Å². The smallest absolute Gasteiger partial charge is 0.157 e. The molecule has 0 spiro atoms. The van der Waals surface area contributed by atoms with Gasteiger partial charge >= 0.3 is 0 Å². The molecule has 0 saturated carbocycles. The van der Waals surface area contributed by atoms with Crippen molar-refractivity contribution >= 4 is 11.2 Å². The second kappa shape index (κ2) is 4.33. The predicted octanol–water partition coefficient (Wildman–Crippen LogP) is 2.64. The fraction of sp³-hybridized carbons (Fsp3) is 0.200. The Hall–Kier alpha value is -0.730. The van der Waals surface area contributed by atoms with E-state index in [0.717, 1.165) is 4.90 Å². The van der Waals surface area contributed by atoms with Gasteiger partial charge in [-0.05, 0) is 32.1 Å². The Balaban J connectivity index is 2.82. The summed E-state index contributed by atoms with van der Waals surface area (Å²) in [6, 6.07) is 7.73. The van der Waals surface area contributed by atoms with Crippen molar-refractivity contribution in [3.8, 4) is 0 Å². The zero-order chi connectivity index (χ0) is 8.97. The Morgan fingerprint density at radius 1 is 1.25 bits per heavy atom. The second-order valence-corrected chi connectivity index (χ2v) is 3.92.